The number of tetrazole rings is 1. The minimum absolute atomic E-state index is 0.227. The molecular weight excluding hydrogens is 222 g/mol. The number of nitrogens with zero attached hydrogens (tertiary/aromatic N) is 4. The van der Waals surface area contributed by atoms with E-state index in [0.717, 1.165) is 0 Å². The van der Waals surface area contributed by atoms with Gasteiger partial charge >= 0.3 is 0 Å². The van der Waals surface area contributed by atoms with Crippen LogP contribution in [0.4, 0.5) is 5.69 Å². The number of rotatable bonds is 4. The Morgan fingerprint density at radius 3 is 2.82 bits per heavy atom. The maximum atomic E-state index is 5.80. The summed E-state index contributed by atoms with van der Waals surface area (Å²) in [7, 11) is 3.27. The topological polar surface area (TPSA) is 88.1 Å². The van der Waals surface area contributed by atoms with Crippen LogP contribution in [0.1, 0.15) is 5.82 Å². The molecule has 0 aliphatic rings. The minimum Gasteiger partial charge on any atom is -0.497 e. The van der Waals surface area contributed by atoms with E-state index in [1.54, 1.807) is 32.4 Å². The summed E-state index contributed by atoms with van der Waals surface area (Å²) in [6.45, 7) is 0.227. The number of nitrogens with two attached hydrogens (primary N) is 1. The molecule has 0 saturated carbocycles. The van der Waals surface area contributed by atoms with E-state index >= 15 is 0 Å². The van der Waals surface area contributed by atoms with E-state index < -0.39 is 0 Å². The smallest absolute Gasteiger partial charge is 0.212 e. The Hall–Kier alpha value is -2.31. The van der Waals surface area contributed by atoms with E-state index in [1.165, 1.54) is 4.80 Å². The predicted octanol–water partition coefficient (Wildman–Crippen LogP) is 0.380. The Bertz CT molecular complexity index is 511. The summed E-state index contributed by atoms with van der Waals surface area (Å²) in [6, 6.07) is 5.21. The fourth-order valence-corrected chi connectivity index (χ4v) is 1.31. The van der Waals surface area contributed by atoms with Crippen molar-refractivity contribution in [2.75, 3.05) is 12.8 Å². The zero-order valence-corrected chi connectivity index (χ0v) is 9.62. The third-order valence-electron chi connectivity index (χ3n) is 2.12. The van der Waals surface area contributed by atoms with Gasteiger partial charge < -0.3 is 15.2 Å². The largest absolute Gasteiger partial charge is 0.497 e. The number of benzene rings is 1. The first kappa shape index (κ1) is 11.2. The molecule has 90 valence electrons. The number of anilines is 1. The lowest BCUT2D eigenvalue weighted by Gasteiger charge is -2.08. The molecule has 0 amide bonds. The highest BCUT2D eigenvalue weighted by molar-refractivity contribution is 5.56. The summed E-state index contributed by atoms with van der Waals surface area (Å²) >= 11 is 0. The summed E-state index contributed by atoms with van der Waals surface area (Å²) < 4.78 is 10.5. The third-order valence-corrected chi connectivity index (χ3v) is 2.12. The zero-order chi connectivity index (χ0) is 12.3. The van der Waals surface area contributed by atoms with Gasteiger partial charge in [0, 0.05) is 6.07 Å². The Morgan fingerprint density at radius 1 is 1.41 bits per heavy atom. The molecule has 2 aromatic rings. The molecule has 2 N–H and O–H groups in total. The summed E-state index contributed by atoms with van der Waals surface area (Å²) in [5, 5.41) is 11.5. The number of hydrogen-bond acceptors (Lipinski definition) is 6. The van der Waals surface area contributed by atoms with Gasteiger partial charge in [-0.1, -0.05) is 0 Å². The van der Waals surface area contributed by atoms with Gasteiger partial charge in [0.25, 0.3) is 0 Å². The second-order valence-electron chi connectivity index (χ2n) is 3.39. The number of aryl methyl sites for hydroxylation is 1. The van der Waals surface area contributed by atoms with Crippen LogP contribution in [0.3, 0.4) is 0 Å². The summed E-state index contributed by atoms with van der Waals surface area (Å²) in [5.74, 6) is 1.76. The van der Waals surface area contributed by atoms with Gasteiger partial charge in [-0.05, 0) is 17.3 Å². The molecule has 7 nitrogen and oxygen atoms in total. The molecule has 1 aromatic heterocycles. The quantitative estimate of drug-likeness (QED) is 0.771. The van der Waals surface area contributed by atoms with Gasteiger partial charge in [0.1, 0.15) is 11.5 Å². The van der Waals surface area contributed by atoms with Crippen molar-refractivity contribution >= 4 is 5.69 Å². The first-order valence-electron chi connectivity index (χ1n) is 4.98. The van der Waals surface area contributed by atoms with E-state index in [0.29, 0.717) is 23.0 Å². The molecule has 0 radical (unpaired) electrons. The number of hydrogen-bond donors (Lipinski definition) is 1. The van der Waals surface area contributed by atoms with Crippen molar-refractivity contribution in [2.45, 2.75) is 6.61 Å². The molecule has 1 aromatic carbocycles. The lowest BCUT2D eigenvalue weighted by molar-refractivity contribution is 0.296. The maximum absolute atomic E-state index is 5.80. The van der Waals surface area contributed by atoms with Crippen LogP contribution >= 0.6 is 0 Å². The molecule has 17 heavy (non-hydrogen) atoms. The molecule has 2 rings (SSSR count). The Balaban J connectivity index is 2.04. The van der Waals surface area contributed by atoms with Gasteiger partial charge in [-0.15, -0.1) is 10.2 Å². The zero-order valence-electron chi connectivity index (χ0n) is 9.62. The van der Waals surface area contributed by atoms with Crippen LogP contribution in [0.2, 0.25) is 0 Å². The van der Waals surface area contributed by atoms with Crippen molar-refractivity contribution in [3.63, 3.8) is 0 Å². The standard InChI is InChI=1S/C10H13N5O2/c1-15-13-10(12-14-15)6-17-9-4-3-7(16-2)5-8(9)11/h3-5H,6,11H2,1-2H3. The van der Waals surface area contributed by atoms with Crippen LogP contribution in [0.25, 0.3) is 0 Å². The van der Waals surface area contributed by atoms with Gasteiger partial charge in [-0.25, -0.2) is 0 Å². The van der Waals surface area contributed by atoms with E-state index in [4.69, 9.17) is 15.2 Å². The Labute approximate surface area is 98.1 Å². The fourth-order valence-electron chi connectivity index (χ4n) is 1.31. The SMILES string of the molecule is COc1ccc(OCc2nnn(C)n2)c(N)c1. The highest BCUT2D eigenvalue weighted by Crippen LogP contribution is 2.26. The summed E-state index contributed by atoms with van der Waals surface area (Å²) in [5.41, 5.74) is 6.31. The summed E-state index contributed by atoms with van der Waals surface area (Å²) in [4.78, 5) is 1.37. The van der Waals surface area contributed by atoms with Gasteiger partial charge in [0.05, 0.1) is 19.8 Å². The van der Waals surface area contributed by atoms with E-state index in [-0.39, 0.29) is 6.61 Å². The lowest BCUT2D eigenvalue weighted by Crippen LogP contribution is -2.01. The van der Waals surface area contributed by atoms with Crippen LogP contribution in [-0.2, 0) is 13.7 Å². The van der Waals surface area contributed by atoms with E-state index in [2.05, 4.69) is 15.4 Å². The van der Waals surface area contributed by atoms with Gasteiger partial charge in [-0.3, -0.25) is 0 Å². The second-order valence-corrected chi connectivity index (χ2v) is 3.39. The molecule has 0 fully saturated rings. The molecule has 1 heterocycles. The van der Waals surface area contributed by atoms with Crippen LogP contribution in [-0.4, -0.2) is 27.3 Å². The van der Waals surface area contributed by atoms with Gasteiger partial charge in [-0.2, -0.15) is 4.80 Å². The molecule has 0 spiro atoms. The first-order chi connectivity index (χ1) is 8.19. The second kappa shape index (κ2) is 4.69. The fraction of sp³-hybridized carbons (Fsp3) is 0.300. The number of methoxy groups -OCH3 is 1. The van der Waals surface area contributed by atoms with Crippen molar-refractivity contribution in [1.29, 1.82) is 0 Å². The predicted molar refractivity (Wildman–Crippen MR) is 60.5 cm³/mol. The number of nitrogen functional groups attached to an aromatic ring is 1. The lowest BCUT2D eigenvalue weighted by atomic mass is 10.3. The Kier molecular flexibility index (Phi) is 3.08. The van der Waals surface area contributed by atoms with Crippen molar-refractivity contribution in [3.05, 3.63) is 24.0 Å². The summed E-state index contributed by atoms with van der Waals surface area (Å²) in [6.07, 6.45) is 0. The minimum atomic E-state index is 0.227. The molecule has 0 unspecified atom stereocenters. The molecule has 7 heteroatoms. The molecule has 0 aliphatic carbocycles. The van der Waals surface area contributed by atoms with Crippen LogP contribution < -0.4 is 15.2 Å². The molecule has 0 bridgehead atoms. The van der Waals surface area contributed by atoms with Crippen molar-refractivity contribution in [2.24, 2.45) is 7.05 Å². The number of aromatic nitrogens is 4. The Morgan fingerprint density at radius 2 is 2.24 bits per heavy atom. The normalized spacial score (nSPS) is 10.2. The van der Waals surface area contributed by atoms with Gasteiger partial charge in [0.2, 0.25) is 5.82 Å². The van der Waals surface area contributed by atoms with E-state index in [9.17, 15) is 0 Å². The number of ether oxygens (including phenoxy) is 2. The monoisotopic (exact) mass is 235 g/mol. The van der Waals surface area contributed by atoms with Crippen molar-refractivity contribution < 1.29 is 9.47 Å². The van der Waals surface area contributed by atoms with Crippen LogP contribution in [0.15, 0.2) is 18.2 Å². The molecule has 0 aliphatic heterocycles. The van der Waals surface area contributed by atoms with Crippen molar-refractivity contribution in [1.82, 2.24) is 20.2 Å². The van der Waals surface area contributed by atoms with Crippen LogP contribution in [0.5, 0.6) is 11.5 Å². The van der Waals surface area contributed by atoms with Crippen LogP contribution in [0, 0.1) is 0 Å². The van der Waals surface area contributed by atoms with Crippen molar-refractivity contribution in [3.8, 4) is 11.5 Å². The van der Waals surface area contributed by atoms with Gasteiger partial charge in [0.15, 0.2) is 6.61 Å². The average Bonchev–Trinajstić information content (AvgIpc) is 2.73. The third kappa shape index (κ3) is 2.63. The molecular formula is C10H13N5O2. The molecule has 0 atom stereocenters. The maximum Gasteiger partial charge on any atom is 0.212 e. The first-order valence-corrected chi connectivity index (χ1v) is 4.98. The highest BCUT2D eigenvalue weighted by atomic mass is 16.5. The molecule has 0 saturated heterocycles. The average molecular weight is 235 g/mol. The van der Waals surface area contributed by atoms with E-state index in [1.807, 2.05) is 0 Å². The highest BCUT2D eigenvalue weighted by Gasteiger charge is 2.05.